The Hall–Kier alpha value is -0.770. The predicted molar refractivity (Wildman–Crippen MR) is 88.2 cm³/mol. The number of benzene rings is 1. The number of piperidine rings is 1. The molecule has 1 aromatic rings. The van der Waals surface area contributed by atoms with Crippen LogP contribution in [0, 0.1) is 0 Å². The van der Waals surface area contributed by atoms with E-state index in [1.54, 1.807) is 0 Å². The summed E-state index contributed by atoms with van der Waals surface area (Å²) in [6, 6.07) is 6.98. The van der Waals surface area contributed by atoms with Crippen LogP contribution in [-0.2, 0) is 11.3 Å². The predicted octanol–water partition coefficient (Wildman–Crippen LogP) is 3.60. The average Bonchev–Trinajstić information content (AvgIpc) is 3.31. The maximum absolute atomic E-state index is 6.44. The fourth-order valence-electron chi connectivity index (χ4n) is 3.05. The molecule has 2 fully saturated rings. The van der Waals surface area contributed by atoms with Gasteiger partial charge in [-0.3, -0.25) is 0 Å². The number of ether oxygens (including phenoxy) is 1. The van der Waals surface area contributed by atoms with Crippen molar-refractivity contribution >= 4 is 17.3 Å². The van der Waals surface area contributed by atoms with Crippen LogP contribution in [0.3, 0.4) is 0 Å². The molecule has 0 atom stereocenters. The molecule has 1 saturated heterocycles. The van der Waals surface area contributed by atoms with Crippen molar-refractivity contribution in [1.82, 2.24) is 5.32 Å². The highest BCUT2D eigenvalue weighted by Gasteiger charge is 2.24. The third-order valence-corrected chi connectivity index (χ3v) is 4.78. The molecule has 1 N–H and O–H groups in total. The summed E-state index contributed by atoms with van der Waals surface area (Å²) in [7, 11) is 0. The topological polar surface area (TPSA) is 24.5 Å². The average molecular weight is 309 g/mol. The van der Waals surface area contributed by atoms with E-state index in [4.69, 9.17) is 16.3 Å². The molecule has 3 rings (SSSR count). The molecular formula is C17H25ClN2O. The first-order chi connectivity index (χ1) is 10.3. The Morgan fingerprint density at radius 1 is 1.24 bits per heavy atom. The van der Waals surface area contributed by atoms with Crippen LogP contribution >= 0.6 is 11.6 Å². The SMILES string of the molecule is CCOC1CCN(c2cccc(Cl)c2CNC2CC2)CC1. The number of rotatable bonds is 6. The zero-order valence-electron chi connectivity index (χ0n) is 12.8. The van der Waals surface area contributed by atoms with Crippen molar-refractivity contribution in [2.24, 2.45) is 0 Å². The van der Waals surface area contributed by atoms with Gasteiger partial charge in [-0.1, -0.05) is 17.7 Å². The van der Waals surface area contributed by atoms with Gasteiger partial charge in [0.05, 0.1) is 6.10 Å². The molecule has 0 bridgehead atoms. The summed E-state index contributed by atoms with van der Waals surface area (Å²) >= 11 is 6.44. The molecule has 0 aromatic heterocycles. The second-order valence-corrected chi connectivity index (χ2v) is 6.44. The van der Waals surface area contributed by atoms with E-state index in [2.05, 4.69) is 29.3 Å². The fraction of sp³-hybridized carbons (Fsp3) is 0.647. The van der Waals surface area contributed by atoms with E-state index in [0.717, 1.165) is 44.1 Å². The highest BCUT2D eigenvalue weighted by Crippen LogP contribution is 2.31. The number of hydrogen-bond donors (Lipinski definition) is 1. The van der Waals surface area contributed by atoms with Gasteiger partial charge in [0.2, 0.25) is 0 Å². The summed E-state index contributed by atoms with van der Waals surface area (Å²) in [5.74, 6) is 0. The highest BCUT2D eigenvalue weighted by atomic mass is 35.5. The van der Waals surface area contributed by atoms with Crippen molar-refractivity contribution in [3.8, 4) is 0 Å². The van der Waals surface area contributed by atoms with Crippen LogP contribution < -0.4 is 10.2 Å². The summed E-state index contributed by atoms with van der Waals surface area (Å²) in [6.45, 7) is 5.89. The second-order valence-electron chi connectivity index (χ2n) is 6.03. The van der Waals surface area contributed by atoms with Gasteiger partial charge in [-0.2, -0.15) is 0 Å². The lowest BCUT2D eigenvalue weighted by Gasteiger charge is -2.35. The zero-order valence-corrected chi connectivity index (χ0v) is 13.5. The Bertz CT molecular complexity index is 468. The molecule has 116 valence electrons. The third kappa shape index (κ3) is 3.91. The number of nitrogens with zero attached hydrogens (tertiary/aromatic N) is 1. The largest absolute Gasteiger partial charge is 0.378 e. The van der Waals surface area contributed by atoms with E-state index < -0.39 is 0 Å². The summed E-state index contributed by atoms with van der Waals surface area (Å²) in [6.07, 6.45) is 5.25. The Morgan fingerprint density at radius 3 is 2.67 bits per heavy atom. The number of anilines is 1. The molecule has 0 amide bonds. The van der Waals surface area contributed by atoms with Crippen LogP contribution in [0.5, 0.6) is 0 Å². The van der Waals surface area contributed by atoms with Gasteiger partial charge in [0, 0.05) is 48.6 Å². The maximum Gasteiger partial charge on any atom is 0.0608 e. The van der Waals surface area contributed by atoms with Crippen LogP contribution in [0.4, 0.5) is 5.69 Å². The number of halogens is 1. The number of nitrogens with one attached hydrogen (secondary N) is 1. The lowest BCUT2D eigenvalue weighted by Crippen LogP contribution is -2.37. The minimum Gasteiger partial charge on any atom is -0.378 e. The van der Waals surface area contributed by atoms with Gasteiger partial charge >= 0.3 is 0 Å². The van der Waals surface area contributed by atoms with Crippen molar-refractivity contribution in [1.29, 1.82) is 0 Å². The highest BCUT2D eigenvalue weighted by molar-refractivity contribution is 6.31. The van der Waals surface area contributed by atoms with E-state index in [-0.39, 0.29) is 0 Å². The molecule has 4 heteroatoms. The van der Waals surface area contributed by atoms with Crippen molar-refractivity contribution < 1.29 is 4.74 Å². The minimum absolute atomic E-state index is 0.429. The molecule has 2 aliphatic rings. The van der Waals surface area contributed by atoms with Crippen LogP contribution in [0.15, 0.2) is 18.2 Å². The van der Waals surface area contributed by atoms with Crippen molar-refractivity contribution in [2.75, 3.05) is 24.6 Å². The summed E-state index contributed by atoms with van der Waals surface area (Å²) in [4.78, 5) is 2.46. The first-order valence-electron chi connectivity index (χ1n) is 8.15. The van der Waals surface area contributed by atoms with Gasteiger partial charge < -0.3 is 15.0 Å². The van der Waals surface area contributed by atoms with Crippen LogP contribution in [0.2, 0.25) is 5.02 Å². The maximum atomic E-state index is 6.44. The minimum atomic E-state index is 0.429. The lowest BCUT2D eigenvalue weighted by molar-refractivity contribution is 0.0459. The van der Waals surface area contributed by atoms with E-state index in [1.165, 1.54) is 24.1 Å². The smallest absolute Gasteiger partial charge is 0.0608 e. The molecule has 0 spiro atoms. The Balaban J connectivity index is 1.67. The molecule has 0 radical (unpaired) electrons. The molecule has 1 aliphatic carbocycles. The Morgan fingerprint density at radius 2 is 2.00 bits per heavy atom. The van der Waals surface area contributed by atoms with Gasteiger partial charge in [0.15, 0.2) is 0 Å². The van der Waals surface area contributed by atoms with E-state index in [0.29, 0.717) is 12.1 Å². The van der Waals surface area contributed by atoms with Crippen molar-refractivity contribution in [3.05, 3.63) is 28.8 Å². The van der Waals surface area contributed by atoms with Crippen LogP contribution in [0.1, 0.15) is 38.2 Å². The molecule has 1 aliphatic heterocycles. The Kier molecular flexibility index (Phi) is 5.04. The molecule has 3 nitrogen and oxygen atoms in total. The van der Waals surface area contributed by atoms with E-state index in [9.17, 15) is 0 Å². The molecular weight excluding hydrogens is 284 g/mol. The molecule has 1 aromatic carbocycles. The first-order valence-corrected chi connectivity index (χ1v) is 8.53. The molecule has 0 unspecified atom stereocenters. The Labute approximate surface area is 132 Å². The van der Waals surface area contributed by atoms with Gasteiger partial charge in [0.25, 0.3) is 0 Å². The first kappa shape index (κ1) is 15.1. The van der Waals surface area contributed by atoms with Gasteiger partial charge in [0.1, 0.15) is 0 Å². The normalized spacial score (nSPS) is 20.0. The summed E-state index contributed by atoms with van der Waals surface area (Å²) < 4.78 is 5.74. The van der Waals surface area contributed by atoms with E-state index in [1.807, 2.05) is 6.07 Å². The lowest BCUT2D eigenvalue weighted by atomic mass is 10.0. The van der Waals surface area contributed by atoms with Crippen molar-refractivity contribution in [3.63, 3.8) is 0 Å². The third-order valence-electron chi connectivity index (χ3n) is 4.42. The standard InChI is InChI=1S/C17H25ClN2O/c1-2-21-14-8-10-20(11-9-14)17-5-3-4-16(18)15(17)12-19-13-6-7-13/h3-5,13-14,19H,2,6-12H2,1H3. The molecule has 1 saturated carbocycles. The van der Waals surface area contributed by atoms with Gasteiger partial charge in [-0.05, 0) is 44.7 Å². The van der Waals surface area contributed by atoms with Gasteiger partial charge in [-0.15, -0.1) is 0 Å². The summed E-state index contributed by atoms with van der Waals surface area (Å²) in [5, 5.41) is 4.47. The number of hydrogen-bond acceptors (Lipinski definition) is 3. The van der Waals surface area contributed by atoms with Crippen LogP contribution in [-0.4, -0.2) is 31.8 Å². The zero-order chi connectivity index (χ0) is 14.7. The monoisotopic (exact) mass is 308 g/mol. The quantitative estimate of drug-likeness (QED) is 0.869. The van der Waals surface area contributed by atoms with Gasteiger partial charge in [-0.25, -0.2) is 0 Å². The van der Waals surface area contributed by atoms with E-state index >= 15 is 0 Å². The van der Waals surface area contributed by atoms with Crippen LogP contribution in [0.25, 0.3) is 0 Å². The molecule has 1 heterocycles. The fourth-order valence-corrected chi connectivity index (χ4v) is 3.29. The molecule has 21 heavy (non-hydrogen) atoms. The summed E-state index contributed by atoms with van der Waals surface area (Å²) in [5.41, 5.74) is 2.55. The second kappa shape index (κ2) is 6.99. The van der Waals surface area contributed by atoms with Crippen molar-refractivity contribution in [2.45, 2.75) is 51.3 Å².